The van der Waals surface area contributed by atoms with Gasteiger partial charge in [0.1, 0.15) is 0 Å². The van der Waals surface area contributed by atoms with Crippen molar-refractivity contribution in [1.82, 2.24) is 5.32 Å². The maximum absolute atomic E-state index is 9.97. The third-order valence-corrected chi connectivity index (χ3v) is 5.38. The van der Waals surface area contributed by atoms with Crippen LogP contribution in [0.5, 0.6) is 0 Å². The molecule has 3 heteroatoms. The first-order chi connectivity index (χ1) is 9.11. The molecular formula is C16H29NO2. The molecule has 4 aliphatic rings. The van der Waals surface area contributed by atoms with E-state index in [1.807, 2.05) is 0 Å². The Kier molecular flexibility index (Phi) is 4.16. The summed E-state index contributed by atoms with van der Waals surface area (Å²) < 4.78 is 6.12. The summed E-state index contributed by atoms with van der Waals surface area (Å²) in [6.07, 6.45) is 7.12. The van der Waals surface area contributed by atoms with Gasteiger partial charge >= 0.3 is 0 Å². The number of hydrogen-bond acceptors (Lipinski definition) is 3. The molecule has 0 heterocycles. The van der Waals surface area contributed by atoms with Crippen molar-refractivity contribution in [2.75, 3.05) is 13.2 Å². The molecule has 0 aromatic heterocycles. The molecule has 2 N–H and O–H groups in total. The second-order valence-electron chi connectivity index (χ2n) is 7.45. The Balaban J connectivity index is 1.45. The van der Waals surface area contributed by atoms with Gasteiger partial charge in [0, 0.05) is 12.6 Å². The minimum absolute atomic E-state index is 0.361. The molecule has 0 amide bonds. The minimum Gasteiger partial charge on any atom is -0.389 e. The zero-order valence-corrected chi connectivity index (χ0v) is 12.3. The van der Waals surface area contributed by atoms with Crippen molar-refractivity contribution >= 4 is 0 Å². The lowest BCUT2D eigenvalue weighted by Crippen LogP contribution is -2.50. The van der Waals surface area contributed by atoms with Gasteiger partial charge in [0.05, 0.1) is 18.8 Å². The Labute approximate surface area is 117 Å². The molecule has 4 bridgehead atoms. The van der Waals surface area contributed by atoms with Crippen LogP contribution in [-0.2, 0) is 4.74 Å². The molecule has 0 aromatic carbocycles. The Hall–Kier alpha value is -0.120. The van der Waals surface area contributed by atoms with E-state index >= 15 is 0 Å². The van der Waals surface area contributed by atoms with Gasteiger partial charge in [-0.2, -0.15) is 0 Å². The Morgan fingerprint density at radius 1 is 1.05 bits per heavy atom. The SMILES string of the molecule is CC(C)NC[C@H](O)COC1C2CC3CC(C2)CC1C3. The van der Waals surface area contributed by atoms with E-state index in [0.29, 0.717) is 25.3 Å². The van der Waals surface area contributed by atoms with Crippen molar-refractivity contribution in [3.8, 4) is 0 Å². The molecule has 4 aliphatic carbocycles. The van der Waals surface area contributed by atoms with Crippen molar-refractivity contribution < 1.29 is 9.84 Å². The number of aliphatic hydroxyl groups excluding tert-OH is 1. The third kappa shape index (κ3) is 3.14. The Morgan fingerprint density at radius 2 is 1.63 bits per heavy atom. The highest BCUT2D eigenvalue weighted by molar-refractivity contribution is 4.99. The monoisotopic (exact) mass is 267 g/mol. The topological polar surface area (TPSA) is 41.5 Å². The van der Waals surface area contributed by atoms with Crippen LogP contribution in [0, 0.1) is 23.7 Å². The van der Waals surface area contributed by atoms with Gasteiger partial charge in [0.2, 0.25) is 0 Å². The molecule has 0 radical (unpaired) electrons. The molecule has 19 heavy (non-hydrogen) atoms. The highest BCUT2D eigenvalue weighted by Gasteiger charge is 2.48. The first-order valence-electron chi connectivity index (χ1n) is 8.15. The number of hydrogen-bond donors (Lipinski definition) is 2. The quantitative estimate of drug-likeness (QED) is 0.775. The van der Waals surface area contributed by atoms with Crippen LogP contribution in [0.2, 0.25) is 0 Å². The second kappa shape index (κ2) is 5.71. The predicted molar refractivity (Wildman–Crippen MR) is 75.9 cm³/mol. The molecular weight excluding hydrogens is 238 g/mol. The fraction of sp³-hybridized carbons (Fsp3) is 1.00. The average Bonchev–Trinajstić information content (AvgIpc) is 2.34. The lowest BCUT2D eigenvalue weighted by molar-refractivity contribution is -0.139. The van der Waals surface area contributed by atoms with Crippen molar-refractivity contribution in [2.45, 2.75) is 64.2 Å². The number of nitrogens with one attached hydrogen (secondary N) is 1. The summed E-state index contributed by atoms with van der Waals surface area (Å²) in [4.78, 5) is 0. The van der Waals surface area contributed by atoms with E-state index in [0.717, 1.165) is 23.7 Å². The number of aliphatic hydroxyl groups is 1. The zero-order chi connectivity index (χ0) is 13.4. The second-order valence-corrected chi connectivity index (χ2v) is 7.45. The van der Waals surface area contributed by atoms with Crippen molar-refractivity contribution in [2.24, 2.45) is 23.7 Å². The molecule has 4 rings (SSSR count). The van der Waals surface area contributed by atoms with Crippen LogP contribution in [0.1, 0.15) is 46.0 Å². The lowest BCUT2D eigenvalue weighted by atomic mass is 9.55. The molecule has 0 aliphatic heterocycles. The van der Waals surface area contributed by atoms with E-state index in [2.05, 4.69) is 19.2 Å². The van der Waals surface area contributed by atoms with Gasteiger partial charge in [0.25, 0.3) is 0 Å². The van der Waals surface area contributed by atoms with Gasteiger partial charge in [-0.05, 0) is 55.8 Å². The van der Waals surface area contributed by atoms with E-state index in [-0.39, 0.29) is 6.10 Å². The maximum atomic E-state index is 9.97. The van der Waals surface area contributed by atoms with E-state index in [1.165, 1.54) is 32.1 Å². The molecule has 0 unspecified atom stereocenters. The minimum atomic E-state index is -0.361. The standard InChI is InChI=1S/C16H29NO2/c1-10(2)17-8-15(18)9-19-16-13-4-11-3-12(6-13)7-14(16)5-11/h10-18H,3-9H2,1-2H3/t11?,12?,13?,14?,15-,16?/m0/s1. The van der Waals surface area contributed by atoms with Gasteiger partial charge in [-0.1, -0.05) is 13.8 Å². The average molecular weight is 267 g/mol. The summed E-state index contributed by atoms with van der Waals surface area (Å²) >= 11 is 0. The van der Waals surface area contributed by atoms with Crippen LogP contribution < -0.4 is 5.32 Å². The first-order valence-corrected chi connectivity index (χ1v) is 8.15. The van der Waals surface area contributed by atoms with Gasteiger partial charge in [-0.25, -0.2) is 0 Å². The van der Waals surface area contributed by atoms with Gasteiger partial charge in [-0.15, -0.1) is 0 Å². The highest BCUT2D eigenvalue weighted by Crippen LogP contribution is 2.54. The fourth-order valence-electron chi connectivity index (χ4n) is 4.80. The normalized spacial score (nSPS) is 42.0. The Morgan fingerprint density at radius 3 is 2.16 bits per heavy atom. The molecule has 1 atom stereocenters. The summed E-state index contributed by atoms with van der Waals surface area (Å²) in [5, 5.41) is 13.2. The zero-order valence-electron chi connectivity index (χ0n) is 12.3. The Bertz CT molecular complexity index is 277. The van der Waals surface area contributed by atoms with Crippen molar-refractivity contribution in [3.05, 3.63) is 0 Å². The lowest BCUT2D eigenvalue weighted by Gasteiger charge is -2.54. The van der Waals surface area contributed by atoms with Crippen LogP contribution in [0.15, 0.2) is 0 Å². The maximum Gasteiger partial charge on any atom is 0.0897 e. The van der Waals surface area contributed by atoms with E-state index in [4.69, 9.17) is 4.74 Å². The van der Waals surface area contributed by atoms with E-state index < -0.39 is 0 Å². The van der Waals surface area contributed by atoms with Crippen molar-refractivity contribution in [1.29, 1.82) is 0 Å². The fourth-order valence-corrected chi connectivity index (χ4v) is 4.80. The molecule has 4 fully saturated rings. The van der Waals surface area contributed by atoms with Gasteiger partial charge in [0.15, 0.2) is 0 Å². The largest absolute Gasteiger partial charge is 0.389 e. The summed E-state index contributed by atoms with van der Waals surface area (Å²) in [6.45, 7) is 5.36. The van der Waals surface area contributed by atoms with Gasteiger partial charge < -0.3 is 15.2 Å². The van der Waals surface area contributed by atoms with Crippen molar-refractivity contribution in [3.63, 3.8) is 0 Å². The predicted octanol–water partition coefficient (Wildman–Crippen LogP) is 2.19. The number of rotatable bonds is 6. The van der Waals surface area contributed by atoms with E-state index in [1.54, 1.807) is 0 Å². The van der Waals surface area contributed by atoms with Crippen LogP contribution in [0.3, 0.4) is 0 Å². The molecule has 3 nitrogen and oxygen atoms in total. The summed E-state index contributed by atoms with van der Waals surface area (Å²) in [5.74, 6) is 3.58. The van der Waals surface area contributed by atoms with Crippen LogP contribution in [0.25, 0.3) is 0 Å². The third-order valence-electron chi connectivity index (χ3n) is 5.38. The summed E-state index contributed by atoms with van der Waals surface area (Å²) in [7, 11) is 0. The van der Waals surface area contributed by atoms with Crippen LogP contribution >= 0.6 is 0 Å². The molecule has 0 spiro atoms. The summed E-state index contributed by atoms with van der Waals surface area (Å²) in [6, 6.07) is 0.427. The van der Waals surface area contributed by atoms with Crippen LogP contribution in [0.4, 0.5) is 0 Å². The molecule has 0 saturated heterocycles. The number of ether oxygens (including phenoxy) is 1. The van der Waals surface area contributed by atoms with Gasteiger partial charge in [-0.3, -0.25) is 0 Å². The van der Waals surface area contributed by atoms with E-state index in [9.17, 15) is 5.11 Å². The smallest absolute Gasteiger partial charge is 0.0897 e. The molecule has 110 valence electrons. The first kappa shape index (κ1) is 13.8. The van der Waals surface area contributed by atoms with Crippen LogP contribution in [-0.4, -0.2) is 36.5 Å². The molecule has 4 saturated carbocycles. The highest BCUT2D eigenvalue weighted by atomic mass is 16.5. The molecule has 0 aromatic rings. The summed E-state index contributed by atoms with van der Waals surface area (Å²) in [5.41, 5.74) is 0.